The van der Waals surface area contributed by atoms with Crippen LogP contribution in [0.2, 0.25) is 0 Å². The highest BCUT2D eigenvalue weighted by Crippen LogP contribution is 2.18. The molecule has 1 rings (SSSR count). The first-order valence-corrected chi connectivity index (χ1v) is 6.75. The smallest absolute Gasteiger partial charge is 0.0775 e. The van der Waals surface area contributed by atoms with Crippen LogP contribution in [0.15, 0.2) is 12.4 Å². The fraction of sp³-hybridized carbons (Fsp3) is 0.786. The molecule has 0 aliphatic carbocycles. The molecule has 0 saturated carbocycles. The second-order valence-corrected chi connectivity index (χ2v) is 5.38. The average Bonchev–Trinajstić information content (AvgIpc) is 2.75. The molecule has 1 unspecified atom stereocenters. The zero-order valence-electron chi connectivity index (χ0n) is 12.4. The molecule has 0 spiro atoms. The summed E-state index contributed by atoms with van der Waals surface area (Å²) in [5, 5.41) is 7.79. The summed E-state index contributed by atoms with van der Waals surface area (Å²) in [6.07, 6.45) is 7.26. The van der Waals surface area contributed by atoms with E-state index in [1.54, 1.807) is 7.11 Å². The van der Waals surface area contributed by atoms with Crippen LogP contribution >= 0.6 is 0 Å². The number of ether oxygens (including phenoxy) is 1. The Morgan fingerprint density at radius 3 is 2.72 bits per heavy atom. The summed E-state index contributed by atoms with van der Waals surface area (Å²) >= 11 is 0. The predicted molar refractivity (Wildman–Crippen MR) is 74.7 cm³/mol. The van der Waals surface area contributed by atoms with Gasteiger partial charge in [0, 0.05) is 26.4 Å². The summed E-state index contributed by atoms with van der Waals surface area (Å²) in [5.41, 5.74) is 1.14. The molecule has 4 heteroatoms. The predicted octanol–water partition coefficient (Wildman–Crippen LogP) is 2.15. The molecule has 104 valence electrons. The van der Waals surface area contributed by atoms with Gasteiger partial charge in [0.25, 0.3) is 0 Å². The van der Waals surface area contributed by atoms with Gasteiger partial charge in [-0.1, -0.05) is 6.92 Å². The highest BCUT2D eigenvalue weighted by Gasteiger charge is 2.28. The summed E-state index contributed by atoms with van der Waals surface area (Å²) < 4.78 is 7.46. The third-order valence-electron chi connectivity index (χ3n) is 3.49. The molecule has 18 heavy (non-hydrogen) atoms. The minimum absolute atomic E-state index is 0.141. The Bertz CT molecular complexity index is 347. The van der Waals surface area contributed by atoms with Crippen molar-refractivity contribution in [2.24, 2.45) is 7.05 Å². The largest absolute Gasteiger partial charge is 0.377 e. The fourth-order valence-electron chi connectivity index (χ4n) is 2.07. The first-order valence-electron chi connectivity index (χ1n) is 6.75. The normalized spacial score (nSPS) is 13.8. The van der Waals surface area contributed by atoms with Crippen molar-refractivity contribution in [2.45, 2.75) is 51.7 Å². The van der Waals surface area contributed by atoms with E-state index in [1.807, 2.05) is 17.9 Å². The summed E-state index contributed by atoms with van der Waals surface area (Å²) in [6.45, 7) is 7.50. The van der Waals surface area contributed by atoms with E-state index >= 15 is 0 Å². The first-order chi connectivity index (χ1) is 8.49. The summed E-state index contributed by atoms with van der Waals surface area (Å²) in [6, 6.07) is 0.364. The minimum Gasteiger partial charge on any atom is -0.377 e. The maximum absolute atomic E-state index is 5.61. The summed E-state index contributed by atoms with van der Waals surface area (Å²) in [5.74, 6) is 0. The number of aryl methyl sites for hydroxylation is 2. The van der Waals surface area contributed by atoms with E-state index in [4.69, 9.17) is 4.74 Å². The van der Waals surface area contributed by atoms with Crippen LogP contribution in [0.25, 0.3) is 0 Å². The Morgan fingerprint density at radius 1 is 1.50 bits per heavy atom. The van der Waals surface area contributed by atoms with Crippen LogP contribution in [0, 0.1) is 0 Å². The van der Waals surface area contributed by atoms with E-state index in [9.17, 15) is 0 Å². The van der Waals surface area contributed by atoms with Gasteiger partial charge in [-0.2, -0.15) is 5.10 Å². The number of methoxy groups -OCH3 is 1. The second kappa shape index (κ2) is 6.90. The van der Waals surface area contributed by atoms with Crippen LogP contribution in [0.4, 0.5) is 0 Å². The van der Waals surface area contributed by atoms with Gasteiger partial charge in [-0.05, 0) is 45.2 Å². The van der Waals surface area contributed by atoms with Gasteiger partial charge in [0.2, 0.25) is 0 Å². The van der Waals surface area contributed by atoms with E-state index in [1.165, 1.54) is 5.56 Å². The van der Waals surface area contributed by atoms with Crippen LogP contribution in [0.5, 0.6) is 0 Å². The van der Waals surface area contributed by atoms with Gasteiger partial charge in [-0.25, -0.2) is 0 Å². The molecule has 0 aliphatic rings. The van der Waals surface area contributed by atoms with Crippen LogP contribution in [-0.4, -0.2) is 35.1 Å². The lowest BCUT2D eigenvalue weighted by Crippen LogP contribution is -2.48. The van der Waals surface area contributed by atoms with Gasteiger partial charge >= 0.3 is 0 Å². The molecule has 0 bridgehead atoms. The second-order valence-electron chi connectivity index (χ2n) is 5.38. The fourth-order valence-corrected chi connectivity index (χ4v) is 2.07. The van der Waals surface area contributed by atoms with Gasteiger partial charge in [-0.3, -0.25) is 4.68 Å². The number of nitrogens with zero attached hydrogens (tertiary/aromatic N) is 2. The van der Waals surface area contributed by atoms with Crippen LogP contribution in [-0.2, 0) is 18.2 Å². The van der Waals surface area contributed by atoms with Gasteiger partial charge < -0.3 is 10.1 Å². The van der Waals surface area contributed by atoms with Crippen molar-refractivity contribution in [1.82, 2.24) is 15.1 Å². The molecule has 1 aromatic rings. The molecule has 1 N–H and O–H groups in total. The molecule has 0 saturated heterocycles. The number of hydrogen-bond acceptors (Lipinski definition) is 3. The van der Waals surface area contributed by atoms with Crippen molar-refractivity contribution in [2.75, 3.05) is 13.7 Å². The lowest BCUT2D eigenvalue weighted by atomic mass is 9.93. The molecule has 1 aromatic heterocycles. The molecular weight excluding hydrogens is 226 g/mol. The van der Waals surface area contributed by atoms with Gasteiger partial charge in [-0.15, -0.1) is 0 Å². The Hall–Kier alpha value is -0.870. The van der Waals surface area contributed by atoms with Gasteiger partial charge in [0.05, 0.1) is 11.8 Å². The molecule has 4 nitrogen and oxygen atoms in total. The lowest BCUT2D eigenvalue weighted by molar-refractivity contribution is -0.0123. The van der Waals surface area contributed by atoms with Gasteiger partial charge in [0.1, 0.15) is 0 Å². The Kier molecular flexibility index (Phi) is 5.82. The van der Waals surface area contributed by atoms with E-state index in [-0.39, 0.29) is 5.60 Å². The molecule has 1 atom stereocenters. The molecule has 0 radical (unpaired) electrons. The maximum Gasteiger partial charge on any atom is 0.0775 e. The molecule has 0 amide bonds. The topological polar surface area (TPSA) is 39.1 Å². The van der Waals surface area contributed by atoms with Crippen LogP contribution < -0.4 is 5.32 Å². The Morgan fingerprint density at radius 2 is 2.22 bits per heavy atom. The molecular formula is C14H27N3O. The minimum atomic E-state index is -0.141. The maximum atomic E-state index is 5.61. The summed E-state index contributed by atoms with van der Waals surface area (Å²) in [4.78, 5) is 0. The standard InChI is InChI=1S/C14H27N3O/c1-6-9-15-13(14(2,3)18-5)8-7-12-10-16-17(4)11-12/h10-11,13,15H,6-9H2,1-5H3. The summed E-state index contributed by atoms with van der Waals surface area (Å²) in [7, 11) is 3.74. The van der Waals surface area contributed by atoms with Crippen molar-refractivity contribution >= 4 is 0 Å². The number of rotatable bonds is 8. The molecule has 1 heterocycles. The van der Waals surface area contributed by atoms with Crippen molar-refractivity contribution < 1.29 is 4.74 Å². The first kappa shape index (κ1) is 15.2. The van der Waals surface area contributed by atoms with E-state index in [0.29, 0.717) is 6.04 Å². The third kappa shape index (κ3) is 4.42. The van der Waals surface area contributed by atoms with Crippen LogP contribution in [0.1, 0.15) is 39.2 Å². The van der Waals surface area contributed by atoms with E-state index in [2.05, 4.69) is 37.4 Å². The van der Waals surface area contributed by atoms with Crippen molar-refractivity contribution in [3.8, 4) is 0 Å². The zero-order chi connectivity index (χ0) is 13.6. The van der Waals surface area contributed by atoms with Crippen molar-refractivity contribution in [3.05, 3.63) is 18.0 Å². The molecule has 0 aromatic carbocycles. The van der Waals surface area contributed by atoms with Crippen molar-refractivity contribution in [3.63, 3.8) is 0 Å². The van der Waals surface area contributed by atoms with Crippen LogP contribution in [0.3, 0.4) is 0 Å². The third-order valence-corrected chi connectivity index (χ3v) is 3.49. The number of nitrogens with one attached hydrogen (secondary N) is 1. The monoisotopic (exact) mass is 253 g/mol. The Balaban J connectivity index is 2.55. The van der Waals surface area contributed by atoms with E-state index < -0.39 is 0 Å². The molecule has 0 aliphatic heterocycles. The van der Waals surface area contributed by atoms with Crippen molar-refractivity contribution in [1.29, 1.82) is 0 Å². The lowest BCUT2D eigenvalue weighted by Gasteiger charge is -2.34. The van der Waals surface area contributed by atoms with E-state index in [0.717, 1.165) is 25.8 Å². The van der Waals surface area contributed by atoms with Gasteiger partial charge in [0.15, 0.2) is 0 Å². The quantitative estimate of drug-likeness (QED) is 0.771. The number of hydrogen-bond donors (Lipinski definition) is 1. The zero-order valence-corrected chi connectivity index (χ0v) is 12.4. The average molecular weight is 253 g/mol. The SMILES string of the molecule is CCCNC(CCc1cnn(C)c1)C(C)(C)OC. The number of aromatic nitrogens is 2. The molecule has 0 fully saturated rings. The highest BCUT2D eigenvalue weighted by atomic mass is 16.5. The highest BCUT2D eigenvalue weighted by molar-refractivity contribution is 5.04. The Labute approximate surface area is 111 Å².